The molecule has 0 fully saturated rings. The van der Waals surface area contributed by atoms with Crippen LogP contribution in [0.2, 0.25) is 10.0 Å². The van der Waals surface area contributed by atoms with Gasteiger partial charge in [0.25, 0.3) is 5.91 Å². The first-order chi connectivity index (χ1) is 18.2. The number of anilines is 1. The van der Waals surface area contributed by atoms with Gasteiger partial charge in [0.1, 0.15) is 11.1 Å². The Kier molecular flexibility index (Phi) is 11.8. The average molecular weight is 643 g/mol. The number of nitrogens with zero attached hydrogens (tertiary/aromatic N) is 2. The lowest BCUT2D eigenvalue weighted by molar-refractivity contribution is -0.151. The first-order valence-corrected chi connectivity index (χ1v) is 13.9. The van der Waals surface area contributed by atoms with Crippen LogP contribution in [0.15, 0.2) is 46.9 Å². The zero-order valence-corrected chi connectivity index (χ0v) is 25.8. The van der Waals surface area contributed by atoms with Crippen LogP contribution in [0.5, 0.6) is 0 Å². The SMILES string of the molecule is CN(C(=O)[C@@](C)(Cc1ccc(Br)cc1)N(C=O)C(=O)CCCCNC(=O)OC(C)(C)C)c1cc(Cl)cc(Cl)c1. The molecule has 0 radical (unpaired) electrons. The summed E-state index contributed by atoms with van der Waals surface area (Å²) in [4.78, 5) is 53.7. The maximum absolute atomic E-state index is 13.9. The van der Waals surface area contributed by atoms with E-state index in [1.165, 1.54) is 4.90 Å². The van der Waals surface area contributed by atoms with Crippen molar-refractivity contribution in [2.75, 3.05) is 18.5 Å². The lowest BCUT2D eigenvalue weighted by atomic mass is 9.88. The highest BCUT2D eigenvalue weighted by atomic mass is 79.9. The number of carbonyl (C=O) groups is 4. The fourth-order valence-corrected chi connectivity index (χ4v) is 4.73. The van der Waals surface area contributed by atoms with Crippen molar-refractivity contribution in [2.45, 2.75) is 64.5 Å². The second-order valence-corrected chi connectivity index (χ2v) is 12.1. The van der Waals surface area contributed by atoms with Crippen molar-refractivity contribution in [3.05, 3.63) is 62.5 Å². The summed E-state index contributed by atoms with van der Waals surface area (Å²) in [5, 5.41) is 3.33. The van der Waals surface area contributed by atoms with E-state index < -0.39 is 29.0 Å². The van der Waals surface area contributed by atoms with Crippen molar-refractivity contribution in [3.63, 3.8) is 0 Å². The largest absolute Gasteiger partial charge is 0.444 e. The molecule has 39 heavy (non-hydrogen) atoms. The zero-order chi connectivity index (χ0) is 29.4. The molecule has 11 heteroatoms. The number of hydrogen-bond donors (Lipinski definition) is 1. The summed E-state index contributed by atoms with van der Waals surface area (Å²) in [5.74, 6) is -0.997. The predicted molar refractivity (Wildman–Crippen MR) is 157 cm³/mol. The molecular formula is C28H34BrCl2N3O5. The van der Waals surface area contributed by atoms with Crippen LogP contribution in [-0.2, 0) is 25.5 Å². The molecule has 0 aliphatic rings. The standard InChI is InChI=1S/C28H34BrCl2N3O5/c1-27(2,3)39-26(38)32-13-7-6-8-24(36)34(18-35)28(4,17-19-9-11-20(29)12-10-19)25(37)33(5)23-15-21(30)14-22(31)16-23/h9-12,14-16,18H,6-8,13,17H2,1-5H3,(H,32,38)/t28-/m1/s1. The van der Waals surface area contributed by atoms with Crippen molar-refractivity contribution >= 4 is 69.1 Å². The smallest absolute Gasteiger partial charge is 0.407 e. The molecule has 1 atom stereocenters. The number of imide groups is 1. The Balaban J connectivity index is 2.23. The van der Waals surface area contributed by atoms with E-state index in [0.717, 1.165) is 14.9 Å². The Labute approximate surface area is 248 Å². The molecule has 0 unspecified atom stereocenters. The van der Waals surface area contributed by atoms with E-state index in [9.17, 15) is 19.2 Å². The molecule has 2 aromatic carbocycles. The molecule has 0 aromatic heterocycles. The quantitative estimate of drug-likeness (QED) is 0.226. The van der Waals surface area contributed by atoms with Crippen LogP contribution in [0.4, 0.5) is 10.5 Å². The molecule has 2 aromatic rings. The lowest BCUT2D eigenvalue weighted by Crippen LogP contribution is -2.60. The number of rotatable bonds is 11. The Morgan fingerprint density at radius 1 is 1.00 bits per heavy atom. The van der Waals surface area contributed by atoms with E-state index in [-0.39, 0.29) is 12.8 Å². The van der Waals surface area contributed by atoms with E-state index >= 15 is 0 Å². The van der Waals surface area contributed by atoms with Crippen LogP contribution in [0, 0.1) is 0 Å². The van der Waals surface area contributed by atoms with Crippen LogP contribution in [0.3, 0.4) is 0 Å². The number of ether oxygens (including phenoxy) is 1. The van der Waals surface area contributed by atoms with Gasteiger partial charge in [0, 0.05) is 46.6 Å². The summed E-state index contributed by atoms with van der Waals surface area (Å²) >= 11 is 15.7. The third-order valence-corrected chi connectivity index (χ3v) is 6.82. The van der Waals surface area contributed by atoms with E-state index in [4.69, 9.17) is 27.9 Å². The topological polar surface area (TPSA) is 96.0 Å². The molecule has 0 aliphatic carbocycles. The van der Waals surface area contributed by atoms with Crippen molar-refractivity contribution in [3.8, 4) is 0 Å². The summed E-state index contributed by atoms with van der Waals surface area (Å²) in [5.41, 5.74) is -0.982. The molecule has 2 rings (SSSR count). The number of halogens is 3. The van der Waals surface area contributed by atoms with Gasteiger partial charge < -0.3 is 15.0 Å². The third kappa shape index (κ3) is 9.81. The van der Waals surface area contributed by atoms with Gasteiger partial charge in [-0.2, -0.15) is 0 Å². The molecule has 212 valence electrons. The molecule has 1 N–H and O–H groups in total. The van der Waals surface area contributed by atoms with Crippen LogP contribution < -0.4 is 10.2 Å². The average Bonchev–Trinajstić information content (AvgIpc) is 2.83. The number of carbonyl (C=O) groups excluding carboxylic acids is 4. The maximum Gasteiger partial charge on any atom is 0.407 e. The molecule has 8 nitrogen and oxygen atoms in total. The molecule has 0 saturated carbocycles. The minimum Gasteiger partial charge on any atom is -0.444 e. The second-order valence-electron chi connectivity index (χ2n) is 10.3. The van der Waals surface area contributed by atoms with Crippen LogP contribution in [0.1, 0.15) is 52.5 Å². The monoisotopic (exact) mass is 641 g/mol. The van der Waals surface area contributed by atoms with Crippen molar-refractivity contribution < 1.29 is 23.9 Å². The lowest BCUT2D eigenvalue weighted by Gasteiger charge is -2.39. The van der Waals surface area contributed by atoms with Gasteiger partial charge in [0.2, 0.25) is 12.3 Å². The van der Waals surface area contributed by atoms with Gasteiger partial charge >= 0.3 is 6.09 Å². The number of unbranched alkanes of at least 4 members (excludes halogenated alkanes) is 1. The number of likely N-dealkylation sites (N-methyl/N-ethyl adjacent to an activating group) is 1. The van der Waals surface area contributed by atoms with E-state index in [1.54, 1.807) is 52.9 Å². The van der Waals surface area contributed by atoms with Gasteiger partial charge in [-0.25, -0.2) is 4.79 Å². The van der Waals surface area contributed by atoms with Crippen molar-refractivity contribution in [2.24, 2.45) is 0 Å². The van der Waals surface area contributed by atoms with E-state index in [0.29, 0.717) is 41.5 Å². The summed E-state index contributed by atoms with van der Waals surface area (Å²) in [7, 11) is 1.54. The van der Waals surface area contributed by atoms with Gasteiger partial charge in [0.15, 0.2) is 0 Å². The zero-order valence-electron chi connectivity index (χ0n) is 22.7. The highest BCUT2D eigenvalue weighted by molar-refractivity contribution is 9.10. The minimum absolute atomic E-state index is 0.00462. The summed E-state index contributed by atoms with van der Waals surface area (Å²) < 4.78 is 6.05. The Bertz CT molecular complexity index is 1170. The van der Waals surface area contributed by atoms with Crippen LogP contribution in [-0.4, -0.2) is 54.0 Å². The second kappa shape index (κ2) is 14.1. The number of benzene rings is 2. The van der Waals surface area contributed by atoms with Crippen LogP contribution in [0.25, 0.3) is 0 Å². The van der Waals surface area contributed by atoms with Crippen LogP contribution >= 0.6 is 39.1 Å². The van der Waals surface area contributed by atoms with Gasteiger partial charge in [-0.1, -0.05) is 51.3 Å². The first kappa shape index (κ1) is 32.6. The molecule has 0 spiro atoms. The Hall–Kier alpha value is -2.62. The predicted octanol–water partition coefficient (Wildman–Crippen LogP) is 6.40. The Morgan fingerprint density at radius 2 is 1.59 bits per heavy atom. The molecule has 0 bridgehead atoms. The molecule has 0 saturated heterocycles. The molecule has 0 heterocycles. The van der Waals surface area contributed by atoms with Crippen molar-refractivity contribution in [1.82, 2.24) is 10.2 Å². The molecule has 0 aliphatic heterocycles. The van der Waals surface area contributed by atoms with Gasteiger partial charge in [-0.05, 0) is 76.4 Å². The number of alkyl carbamates (subject to hydrolysis) is 1. The fraction of sp³-hybridized carbons (Fsp3) is 0.429. The van der Waals surface area contributed by atoms with Crippen molar-refractivity contribution in [1.29, 1.82) is 0 Å². The molecule has 4 amide bonds. The van der Waals surface area contributed by atoms with Gasteiger partial charge in [-0.3, -0.25) is 19.3 Å². The molecular weight excluding hydrogens is 609 g/mol. The summed E-state index contributed by atoms with van der Waals surface area (Å²) in [6, 6.07) is 12.0. The summed E-state index contributed by atoms with van der Waals surface area (Å²) in [6.07, 6.45) is 0.821. The highest BCUT2D eigenvalue weighted by Gasteiger charge is 2.44. The number of hydrogen-bond acceptors (Lipinski definition) is 5. The summed E-state index contributed by atoms with van der Waals surface area (Å²) in [6.45, 7) is 7.17. The third-order valence-electron chi connectivity index (χ3n) is 5.85. The number of amides is 4. The fourth-order valence-electron chi connectivity index (χ4n) is 3.95. The van der Waals surface area contributed by atoms with E-state index in [1.807, 2.05) is 24.3 Å². The number of nitrogens with one attached hydrogen (secondary N) is 1. The van der Waals surface area contributed by atoms with Gasteiger partial charge in [0.05, 0.1) is 0 Å². The van der Waals surface area contributed by atoms with Gasteiger partial charge in [-0.15, -0.1) is 0 Å². The highest BCUT2D eigenvalue weighted by Crippen LogP contribution is 2.30. The maximum atomic E-state index is 13.9. The first-order valence-electron chi connectivity index (χ1n) is 12.4. The minimum atomic E-state index is -1.55. The normalized spacial score (nSPS) is 12.7. The Morgan fingerprint density at radius 3 is 2.13 bits per heavy atom. The van der Waals surface area contributed by atoms with E-state index in [2.05, 4.69) is 21.2 Å².